The fourth-order valence-corrected chi connectivity index (χ4v) is 2.80. The normalized spacial score (nSPS) is 11.3. The van der Waals surface area contributed by atoms with E-state index in [4.69, 9.17) is 10.5 Å². The maximum atomic E-state index is 11.8. The van der Waals surface area contributed by atoms with Crippen molar-refractivity contribution in [2.45, 2.75) is 18.2 Å². The first-order valence-corrected chi connectivity index (χ1v) is 8.05. The van der Waals surface area contributed by atoms with Crippen molar-refractivity contribution in [3.8, 4) is 11.5 Å². The van der Waals surface area contributed by atoms with Crippen molar-refractivity contribution in [2.24, 2.45) is 0 Å². The Morgan fingerprint density at radius 3 is 2.52 bits per heavy atom. The number of anilines is 1. The zero-order valence-corrected chi connectivity index (χ0v) is 12.8. The van der Waals surface area contributed by atoms with E-state index in [1.165, 1.54) is 19.2 Å². The summed E-state index contributed by atoms with van der Waals surface area (Å²) in [5.74, 6) is 1.24. The predicted octanol–water partition coefficient (Wildman–Crippen LogP) is 2.53. The van der Waals surface area contributed by atoms with E-state index in [0.29, 0.717) is 5.75 Å². The van der Waals surface area contributed by atoms with Crippen molar-refractivity contribution in [2.75, 3.05) is 12.8 Å². The molecule has 2 rings (SSSR count). The molecule has 21 heavy (non-hydrogen) atoms. The van der Waals surface area contributed by atoms with Crippen molar-refractivity contribution in [3.63, 3.8) is 0 Å². The van der Waals surface area contributed by atoms with Gasteiger partial charge in [-0.25, -0.2) is 13.1 Å². The lowest BCUT2D eigenvalue weighted by atomic mass is 10.1. The molecule has 0 unspecified atom stereocenters. The van der Waals surface area contributed by atoms with Crippen LogP contribution < -0.4 is 15.2 Å². The van der Waals surface area contributed by atoms with Gasteiger partial charge in [-0.3, -0.25) is 0 Å². The van der Waals surface area contributed by atoms with Gasteiger partial charge < -0.3 is 10.5 Å². The molecule has 0 aliphatic heterocycles. The topological polar surface area (TPSA) is 81.4 Å². The number of rotatable bonds is 5. The van der Waals surface area contributed by atoms with E-state index in [0.717, 1.165) is 17.7 Å². The number of para-hydroxylation sites is 1. The zero-order valence-electron chi connectivity index (χ0n) is 12.0. The predicted molar refractivity (Wildman–Crippen MR) is 83.0 cm³/mol. The first-order chi connectivity index (χ1) is 9.97. The molecule has 6 heteroatoms. The quantitative estimate of drug-likeness (QED) is 0.832. The Kier molecular flexibility index (Phi) is 4.50. The average molecular weight is 306 g/mol. The summed E-state index contributed by atoms with van der Waals surface area (Å²) in [6.45, 7) is 2.04. The number of hydrogen-bond donors (Lipinski definition) is 2. The van der Waals surface area contributed by atoms with E-state index in [1.807, 2.05) is 31.2 Å². The summed E-state index contributed by atoms with van der Waals surface area (Å²) in [4.78, 5) is 0.0427. The molecule has 2 aromatic carbocycles. The van der Waals surface area contributed by atoms with Crippen LogP contribution in [0.1, 0.15) is 12.5 Å². The highest BCUT2D eigenvalue weighted by Gasteiger charge is 2.16. The Balaban J connectivity index is 2.33. The summed E-state index contributed by atoms with van der Waals surface area (Å²) in [5.41, 5.74) is 7.03. The SMILES string of the molecule is CCc1ccccc1Oc1ccc(S(=O)(=O)NC)c(N)c1. The van der Waals surface area contributed by atoms with E-state index in [-0.39, 0.29) is 10.6 Å². The third kappa shape index (κ3) is 3.34. The first kappa shape index (κ1) is 15.3. The van der Waals surface area contributed by atoms with Gasteiger partial charge >= 0.3 is 0 Å². The fourth-order valence-electron chi connectivity index (χ4n) is 1.97. The minimum Gasteiger partial charge on any atom is -0.457 e. The lowest BCUT2D eigenvalue weighted by Gasteiger charge is -2.12. The average Bonchev–Trinajstić information content (AvgIpc) is 2.47. The minimum absolute atomic E-state index is 0.0427. The number of nitrogens with one attached hydrogen (secondary N) is 1. The number of sulfonamides is 1. The number of aryl methyl sites for hydroxylation is 1. The summed E-state index contributed by atoms with van der Waals surface area (Å²) < 4.78 is 31.5. The molecule has 112 valence electrons. The van der Waals surface area contributed by atoms with Gasteiger partial charge in [0, 0.05) is 6.07 Å². The molecular formula is C15H18N2O3S. The number of ether oxygens (including phenoxy) is 1. The standard InChI is InChI=1S/C15H18N2O3S/c1-3-11-6-4-5-7-14(11)20-12-8-9-15(13(16)10-12)21(18,19)17-2/h4-10,17H,3,16H2,1-2H3. The van der Waals surface area contributed by atoms with Gasteiger partial charge in [0.15, 0.2) is 0 Å². The third-order valence-electron chi connectivity index (χ3n) is 3.12. The second-order valence-corrected chi connectivity index (χ2v) is 6.33. The van der Waals surface area contributed by atoms with Crippen molar-refractivity contribution in [1.82, 2.24) is 4.72 Å². The number of nitrogen functional groups attached to an aromatic ring is 1. The van der Waals surface area contributed by atoms with E-state index in [9.17, 15) is 8.42 Å². The second kappa shape index (κ2) is 6.15. The molecular weight excluding hydrogens is 288 g/mol. The molecule has 0 saturated heterocycles. The van der Waals surface area contributed by atoms with Crippen molar-refractivity contribution in [3.05, 3.63) is 48.0 Å². The molecule has 0 atom stereocenters. The number of hydrogen-bond acceptors (Lipinski definition) is 4. The second-order valence-electron chi connectivity index (χ2n) is 4.47. The van der Waals surface area contributed by atoms with Crippen molar-refractivity contribution < 1.29 is 13.2 Å². The third-order valence-corrected chi connectivity index (χ3v) is 4.61. The zero-order chi connectivity index (χ0) is 15.5. The Hall–Kier alpha value is -2.05. The van der Waals surface area contributed by atoms with Crippen LogP contribution in [0.4, 0.5) is 5.69 Å². The van der Waals surface area contributed by atoms with Crippen molar-refractivity contribution >= 4 is 15.7 Å². The van der Waals surface area contributed by atoms with Crippen LogP contribution in [0.5, 0.6) is 11.5 Å². The molecule has 0 amide bonds. The van der Waals surface area contributed by atoms with Gasteiger partial charge in [0.2, 0.25) is 10.0 Å². The lowest BCUT2D eigenvalue weighted by Crippen LogP contribution is -2.19. The highest BCUT2D eigenvalue weighted by atomic mass is 32.2. The molecule has 0 aromatic heterocycles. The Bertz CT molecular complexity index is 742. The van der Waals surface area contributed by atoms with Crippen LogP contribution in [0.2, 0.25) is 0 Å². The fraction of sp³-hybridized carbons (Fsp3) is 0.200. The maximum Gasteiger partial charge on any atom is 0.242 e. The van der Waals surface area contributed by atoms with Crippen LogP contribution in [-0.4, -0.2) is 15.5 Å². The first-order valence-electron chi connectivity index (χ1n) is 6.56. The molecule has 0 saturated carbocycles. The Morgan fingerprint density at radius 2 is 1.90 bits per heavy atom. The van der Waals surface area contributed by atoms with Crippen LogP contribution in [0.25, 0.3) is 0 Å². The summed E-state index contributed by atoms with van der Waals surface area (Å²) >= 11 is 0. The highest BCUT2D eigenvalue weighted by molar-refractivity contribution is 7.89. The summed E-state index contributed by atoms with van der Waals surface area (Å²) in [6, 6.07) is 12.2. The molecule has 0 aliphatic rings. The van der Waals surface area contributed by atoms with Crippen LogP contribution in [-0.2, 0) is 16.4 Å². The van der Waals surface area contributed by atoms with Crippen molar-refractivity contribution in [1.29, 1.82) is 0 Å². The van der Waals surface area contributed by atoms with Gasteiger partial charge in [-0.2, -0.15) is 0 Å². The van der Waals surface area contributed by atoms with Gasteiger partial charge in [-0.1, -0.05) is 25.1 Å². The number of benzene rings is 2. The van der Waals surface area contributed by atoms with E-state index >= 15 is 0 Å². The van der Waals surface area contributed by atoms with Crippen LogP contribution >= 0.6 is 0 Å². The molecule has 0 radical (unpaired) electrons. The van der Waals surface area contributed by atoms with E-state index < -0.39 is 10.0 Å². The number of nitrogens with two attached hydrogens (primary N) is 1. The maximum absolute atomic E-state index is 11.8. The minimum atomic E-state index is -3.56. The largest absolute Gasteiger partial charge is 0.457 e. The molecule has 0 aliphatic carbocycles. The van der Waals surface area contributed by atoms with Crippen LogP contribution in [0.15, 0.2) is 47.4 Å². The molecule has 3 N–H and O–H groups in total. The molecule has 5 nitrogen and oxygen atoms in total. The van der Waals surface area contributed by atoms with Crippen LogP contribution in [0.3, 0.4) is 0 Å². The summed E-state index contributed by atoms with van der Waals surface area (Å²) in [7, 11) is -2.22. The molecule has 0 bridgehead atoms. The Labute approximate surface area is 124 Å². The molecule has 0 fully saturated rings. The molecule has 0 heterocycles. The summed E-state index contributed by atoms with van der Waals surface area (Å²) in [6.07, 6.45) is 0.845. The molecule has 2 aromatic rings. The van der Waals surface area contributed by atoms with Crippen LogP contribution in [0, 0.1) is 0 Å². The van der Waals surface area contributed by atoms with Gasteiger partial charge in [0.05, 0.1) is 5.69 Å². The lowest BCUT2D eigenvalue weighted by molar-refractivity contribution is 0.476. The molecule has 0 spiro atoms. The van der Waals surface area contributed by atoms with Gasteiger partial charge in [-0.15, -0.1) is 0 Å². The smallest absolute Gasteiger partial charge is 0.242 e. The summed E-state index contributed by atoms with van der Waals surface area (Å²) in [5, 5.41) is 0. The highest BCUT2D eigenvalue weighted by Crippen LogP contribution is 2.29. The van der Waals surface area contributed by atoms with Gasteiger partial charge in [0.25, 0.3) is 0 Å². The van der Waals surface area contributed by atoms with Gasteiger partial charge in [0.1, 0.15) is 16.4 Å². The van der Waals surface area contributed by atoms with E-state index in [2.05, 4.69) is 4.72 Å². The monoisotopic (exact) mass is 306 g/mol. The van der Waals surface area contributed by atoms with E-state index in [1.54, 1.807) is 6.07 Å². The Morgan fingerprint density at radius 1 is 1.19 bits per heavy atom. The van der Waals surface area contributed by atoms with Gasteiger partial charge in [-0.05, 0) is 37.2 Å².